The monoisotopic (exact) mass is 481 g/mol. The van der Waals surface area contributed by atoms with Crippen LogP contribution in [0.15, 0.2) is 30.5 Å². The number of benzene rings is 1. The lowest BCUT2D eigenvalue weighted by atomic mass is 9.92. The molecular formula is C25H24ClN3O3S. The van der Waals surface area contributed by atoms with Crippen molar-refractivity contribution in [2.24, 2.45) is 11.8 Å². The smallest absolute Gasteiger partial charge is 0.233 e. The summed E-state index contributed by atoms with van der Waals surface area (Å²) < 4.78 is 7.03. The molecule has 3 aromatic rings. The van der Waals surface area contributed by atoms with Gasteiger partial charge >= 0.3 is 0 Å². The van der Waals surface area contributed by atoms with Crippen LogP contribution in [-0.2, 0) is 27.3 Å². The highest BCUT2D eigenvalue weighted by Gasteiger charge is 2.58. The van der Waals surface area contributed by atoms with Gasteiger partial charge in [0.25, 0.3) is 0 Å². The number of carbonyl (C=O) groups is 2. The van der Waals surface area contributed by atoms with Crippen molar-refractivity contribution >= 4 is 45.0 Å². The molecule has 3 atom stereocenters. The van der Waals surface area contributed by atoms with Gasteiger partial charge < -0.3 is 10.1 Å². The molecule has 4 heterocycles. The molecule has 170 valence electrons. The fourth-order valence-electron chi connectivity index (χ4n) is 5.10. The third-order valence-electron chi connectivity index (χ3n) is 6.90. The summed E-state index contributed by atoms with van der Waals surface area (Å²) in [6, 6.07) is 8.05. The number of fused-ring (bicyclic) bond motifs is 2. The number of ether oxygens (including phenoxy) is 1. The van der Waals surface area contributed by atoms with Gasteiger partial charge in [-0.1, -0.05) is 11.6 Å². The Morgan fingerprint density at radius 3 is 2.79 bits per heavy atom. The molecule has 3 unspecified atom stereocenters. The molecule has 1 aliphatic carbocycles. The van der Waals surface area contributed by atoms with Crippen LogP contribution >= 0.6 is 22.9 Å². The lowest BCUT2D eigenvalue weighted by Gasteiger charge is -2.25. The quantitative estimate of drug-likeness (QED) is 0.558. The van der Waals surface area contributed by atoms with E-state index in [1.165, 1.54) is 10.5 Å². The molecule has 1 N–H and O–H groups in total. The van der Waals surface area contributed by atoms with E-state index in [9.17, 15) is 9.59 Å². The predicted octanol–water partition coefficient (Wildman–Crippen LogP) is 3.96. The first kappa shape index (κ1) is 21.2. The van der Waals surface area contributed by atoms with E-state index in [0.29, 0.717) is 11.6 Å². The van der Waals surface area contributed by atoms with Crippen molar-refractivity contribution in [3.05, 3.63) is 51.5 Å². The number of halogens is 1. The Morgan fingerprint density at radius 1 is 1.21 bits per heavy atom. The maximum atomic E-state index is 12.4. The highest BCUT2D eigenvalue weighted by Crippen LogP contribution is 2.48. The van der Waals surface area contributed by atoms with Crippen LogP contribution in [0.3, 0.4) is 0 Å². The zero-order chi connectivity index (χ0) is 22.7. The second kappa shape index (κ2) is 8.17. The van der Waals surface area contributed by atoms with Crippen LogP contribution in [0.5, 0.6) is 0 Å². The molecule has 1 saturated carbocycles. The fraction of sp³-hybridized carbons (Fsp3) is 0.400. The first-order chi connectivity index (χ1) is 16.0. The molecule has 0 spiro atoms. The van der Waals surface area contributed by atoms with E-state index in [1.807, 2.05) is 30.5 Å². The molecule has 6 rings (SSSR count). The van der Waals surface area contributed by atoms with Gasteiger partial charge in [0, 0.05) is 41.2 Å². The molecular weight excluding hydrogens is 458 g/mol. The number of hydrogen-bond acceptors (Lipinski definition) is 6. The Bertz CT molecular complexity index is 1260. The molecule has 33 heavy (non-hydrogen) atoms. The SMILES string of the molecule is Cc1cc(Cl)cc(-c2ccnc3cc(CN4C(=O)C5CC5C4=O)sc23)c1CC1CNCCO1. The number of amides is 2. The lowest BCUT2D eigenvalue weighted by Crippen LogP contribution is -2.39. The number of nitrogens with zero attached hydrogens (tertiary/aromatic N) is 2. The fourth-order valence-corrected chi connectivity index (χ4v) is 6.51. The molecule has 6 nitrogen and oxygen atoms in total. The minimum atomic E-state index is -0.0749. The van der Waals surface area contributed by atoms with E-state index in [4.69, 9.17) is 16.3 Å². The number of imide groups is 1. The summed E-state index contributed by atoms with van der Waals surface area (Å²) in [5.41, 5.74) is 5.39. The van der Waals surface area contributed by atoms with Gasteiger partial charge in [-0.15, -0.1) is 11.3 Å². The summed E-state index contributed by atoms with van der Waals surface area (Å²) in [6.45, 7) is 4.85. The molecule has 3 aliphatic rings. The highest BCUT2D eigenvalue weighted by atomic mass is 35.5. The molecule has 2 saturated heterocycles. The molecule has 2 amide bonds. The normalized spacial score (nSPS) is 24.5. The maximum Gasteiger partial charge on any atom is 0.233 e. The zero-order valence-electron chi connectivity index (χ0n) is 18.3. The average molecular weight is 482 g/mol. The van der Waals surface area contributed by atoms with Gasteiger partial charge in [-0.3, -0.25) is 19.5 Å². The number of aryl methyl sites for hydroxylation is 1. The molecule has 2 aliphatic heterocycles. The van der Waals surface area contributed by atoms with E-state index in [1.54, 1.807) is 11.3 Å². The number of nitrogens with one attached hydrogen (secondary N) is 1. The van der Waals surface area contributed by atoms with Crippen molar-refractivity contribution in [2.45, 2.75) is 32.4 Å². The van der Waals surface area contributed by atoms with Gasteiger partial charge in [-0.25, -0.2) is 0 Å². The minimum Gasteiger partial charge on any atom is -0.375 e. The molecule has 8 heteroatoms. The topological polar surface area (TPSA) is 71.5 Å². The van der Waals surface area contributed by atoms with Crippen molar-refractivity contribution in [3.63, 3.8) is 0 Å². The standard InChI is InChI=1S/C25H24ClN3O3S/c1-13-6-14(26)7-19(18(13)8-15-11-27-4-5-32-15)17-2-3-28-22-9-16(33-23(17)22)12-29-24(30)20-10-21(20)25(29)31/h2-3,6-7,9,15,20-21,27H,4-5,8,10-12H2,1H3. The summed E-state index contributed by atoms with van der Waals surface area (Å²) >= 11 is 8.09. The number of morpholine rings is 1. The van der Waals surface area contributed by atoms with Crippen molar-refractivity contribution in [1.29, 1.82) is 0 Å². The first-order valence-corrected chi connectivity index (χ1v) is 12.5. The van der Waals surface area contributed by atoms with Crippen LogP contribution < -0.4 is 5.32 Å². The highest BCUT2D eigenvalue weighted by molar-refractivity contribution is 7.19. The summed E-state index contributed by atoms with van der Waals surface area (Å²) in [5.74, 6) is -0.197. The van der Waals surface area contributed by atoms with Crippen LogP contribution in [0.2, 0.25) is 5.02 Å². The Labute approximate surface area is 200 Å². The summed E-state index contributed by atoms with van der Waals surface area (Å²) in [5, 5.41) is 4.10. The van der Waals surface area contributed by atoms with E-state index in [0.717, 1.165) is 64.3 Å². The van der Waals surface area contributed by atoms with Crippen molar-refractivity contribution < 1.29 is 14.3 Å². The average Bonchev–Trinajstić information content (AvgIpc) is 3.44. The third kappa shape index (κ3) is 3.77. The van der Waals surface area contributed by atoms with Crippen LogP contribution in [0.1, 0.15) is 22.4 Å². The second-order valence-corrected chi connectivity index (χ2v) is 10.7. The number of rotatable bonds is 5. The number of aromatic nitrogens is 1. The van der Waals surface area contributed by atoms with Crippen molar-refractivity contribution in [3.8, 4) is 11.1 Å². The lowest BCUT2D eigenvalue weighted by molar-refractivity contribution is -0.141. The number of piperidine rings is 1. The Balaban J connectivity index is 1.38. The third-order valence-corrected chi connectivity index (χ3v) is 8.26. The number of hydrogen-bond donors (Lipinski definition) is 1. The van der Waals surface area contributed by atoms with Gasteiger partial charge in [0.2, 0.25) is 11.8 Å². The van der Waals surface area contributed by atoms with E-state index in [2.05, 4.69) is 17.2 Å². The summed E-state index contributed by atoms with van der Waals surface area (Å²) in [4.78, 5) is 31.8. The van der Waals surface area contributed by atoms with E-state index in [-0.39, 0.29) is 29.8 Å². The molecule has 2 aromatic heterocycles. The zero-order valence-corrected chi connectivity index (χ0v) is 19.8. The van der Waals surface area contributed by atoms with Gasteiger partial charge in [0.1, 0.15) is 0 Å². The molecule has 0 radical (unpaired) electrons. The second-order valence-electron chi connectivity index (χ2n) is 9.15. The largest absolute Gasteiger partial charge is 0.375 e. The van der Waals surface area contributed by atoms with Gasteiger partial charge in [-0.2, -0.15) is 0 Å². The molecule has 0 bridgehead atoms. The predicted molar refractivity (Wildman–Crippen MR) is 128 cm³/mol. The number of carbonyl (C=O) groups excluding carboxylic acids is 2. The van der Waals surface area contributed by atoms with Gasteiger partial charge in [0.05, 0.1) is 41.3 Å². The van der Waals surface area contributed by atoms with Crippen LogP contribution in [0, 0.1) is 18.8 Å². The van der Waals surface area contributed by atoms with Crippen molar-refractivity contribution in [2.75, 3.05) is 19.7 Å². The minimum absolute atomic E-state index is 0.0236. The molecule has 1 aromatic carbocycles. The summed E-state index contributed by atoms with van der Waals surface area (Å²) in [7, 11) is 0. The Hall–Kier alpha value is -2.32. The van der Waals surface area contributed by atoms with Crippen LogP contribution in [-0.4, -0.2) is 47.5 Å². The van der Waals surface area contributed by atoms with E-state index < -0.39 is 0 Å². The van der Waals surface area contributed by atoms with E-state index >= 15 is 0 Å². The van der Waals surface area contributed by atoms with Gasteiger partial charge in [-0.05, 0) is 54.3 Å². The number of pyridine rings is 1. The van der Waals surface area contributed by atoms with Gasteiger partial charge in [0.15, 0.2) is 0 Å². The Morgan fingerprint density at radius 2 is 2.03 bits per heavy atom. The maximum absolute atomic E-state index is 12.4. The number of likely N-dealkylation sites (tertiary alicyclic amines) is 1. The Kier molecular flexibility index (Phi) is 5.25. The first-order valence-electron chi connectivity index (χ1n) is 11.3. The summed E-state index contributed by atoms with van der Waals surface area (Å²) in [6.07, 6.45) is 3.46. The van der Waals surface area contributed by atoms with Crippen molar-refractivity contribution in [1.82, 2.24) is 15.2 Å². The molecule has 3 fully saturated rings. The van der Waals surface area contributed by atoms with Crippen LogP contribution in [0.25, 0.3) is 21.3 Å². The number of thiophene rings is 1. The van der Waals surface area contributed by atoms with Crippen LogP contribution in [0.4, 0.5) is 0 Å².